The van der Waals surface area contributed by atoms with E-state index in [4.69, 9.17) is 5.73 Å². The second-order valence-electron chi connectivity index (χ2n) is 5.54. The average Bonchev–Trinajstić information content (AvgIpc) is 2.45. The standard InChI is InChI=1S/C15H24N4O/c1-3-6-18-13-7-14(9-17-8-13)19-10-12(15(16)20)5-4-11(19)2/h7-9,11-12,18H,3-6,10H2,1-2H3,(H2,16,20). The van der Waals surface area contributed by atoms with Crippen molar-refractivity contribution in [2.45, 2.75) is 39.2 Å². The molecule has 5 heteroatoms. The Balaban J connectivity index is 2.13. The van der Waals surface area contributed by atoms with E-state index in [0.29, 0.717) is 12.6 Å². The second-order valence-corrected chi connectivity index (χ2v) is 5.54. The number of carbonyl (C=O) groups excluding carboxylic acids is 1. The van der Waals surface area contributed by atoms with Gasteiger partial charge in [-0.15, -0.1) is 0 Å². The smallest absolute Gasteiger partial charge is 0.222 e. The van der Waals surface area contributed by atoms with Crippen molar-refractivity contribution in [3.05, 3.63) is 18.5 Å². The normalized spacial score (nSPS) is 22.6. The van der Waals surface area contributed by atoms with Crippen LogP contribution in [0.25, 0.3) is 0 Å². The van der Waals surface area contributed by atoms with Crippen LogP contribution in [0.2, 0.25) is 0 Å². The third-order valence-electron chi connectivity index (χ3n) is 3.92. The van der Waals surface area contributed by atoms with Crippen molar-refractivity contribution in [2.75, 3.05) is 23.3 Å². The first-order valence-corrected chi connectivity index (χ1v) is 7.36. The Hall–Kier alpha value is -1.78. The molecule has 2 unspecified atom stereocenters. The summed E-state index contributed by atoms with van der Waals surface area (Å²) in [7, 11) is 0. The van der Waals surface area contributed by atoms with Gasteiger partial charge in [-0.2, -0.15) is 0 Å². The fraction of sp³-hybridized carbons (Fsp3) is 0.600. The molecule has 2 rings (SSSR count). The third-order valence-corrected chi connectivity index (χ3v) is 3.92. The molecule has 1 amide bonds. The summed E-state index contributed by atoms with van der Waals surface area (Å²) < 4.78 is 0. The van der Waals surface area contributed by atoms with E-state index in [0.717, 1.165) is 37.2 Å². The lowest BCUT2D eigenvalue weighted by Gasteiger charge is -2.38. The monoisotopic (exact) mass is 276 g/mol. The summed E-state index contributed by atoms with van der Waals surface area (Å²) in [6, 6.07) is 2.51. The van der Waals surface area contributed by atoms with E-state index in [1.807, 2.05) is 12.4 Å². The molecule has 5 nitrogen and oxygen atoms in total. The molecule has 1 aliphatic heterocycles. The Morgan fingerprint density at radius 2 is 2.30 bits per heavy atom. The number of amides is 1. The van der Waals surface area contributed by atoms with E-state index in [1.165, 1.54) is 0 Å². The van der Waals surface area contributed by atoms with Crippen LogP contribution in [0.5, 0.6) is 0 Å². The summed E-state index contributed by atoms with van der Waals surface area (Å²) in [6.07, 6.45) is 6.64. The van der Waals surface area contributed by atoms with Gasteiger partial charge < -0.3 is 16.0 Å². The van der Waals surface area contributed by atoms with E-state index < -0.39 is 0 Å². The van der Waals surface area contributed by atoms with Gasteiger partial charge in [-0.25, -0.2) is 0 Å². The summed E-state index contributed by atoms with van der Waals surface area (Å²) in [5.41, 5.74) is 7.54. The molecule has 0 spiro atoms. The fourth-order valence-corrected chi connectivity index (χ4v) is 2.65. The number of nitrogens with zero attached hydrogens (tertiary/aromatic N) is 2. The zero-order valence-corrected chi connectivity index (χ0v) is 12.3. The van der Waals surface area contributed by atoms with Crippen molar-refractivity contribution in [3.8, 4) is 0 Å². The van der Waals surface area contributed by atoms with Crippen LogP contribution >= 0.6 is 0 Å². The van der Waals surface area contributed by atoms with Crippen LogP contribution in [0.3, 0.4) is 0 Å². The van der Waals surface area contributed by atoms with Gasteiger partial charge in [0.05, 0.1) is 29.7 Å². The van der Waals surface area contributed by atoms with E-state index >= 15 is 0 Å². The number of carbonyl (C=O) groups is 1. The maximum absolute atomic E-state index is 11.4. The zero-order valence-electron chi connectivity index (χ0n) is 12.3. The minimum Gasteiger partial charge on any atom is -0.384 e. The highest BCUT2D eigenvalue weighted by Gasteiger charge is 2.28. The number of piperidine rings is 1. The summed E-state index contributed by atoms with van der Waals surface area (Å²) in [5, 5.41) is 3.34. The van der Waals surface area contributed by atoms with Crippen LogP contribution in [0.15, 0.2) is 18.5 Å². The number of nitrogens with one attached hydrogen (secondary N) is 1. The quantitative estimate of drug-likeness (QED) is 0.863. The largest absolute Gasteiger partial charge is 0.384 e. The molecule has 0 bridgehead atoms. The number of hydrogen-bond donors (Lipinski definition) is 2. The number of nitrogens with two attached hydrogens (primary N) is 1. The Bertz CT molecular complexity index is 463. The molecule has 1 aromatic rings. The Morgan fingerprint density at radius 3 is 3.00 bits per heavy atom. The summed E-state index contributed by atoms with van der Waals surface area (Å²) in [4.78, 5) is 17.9. The van der Waals surface area contributed by atoms with Crippen LogP contribution in [-0.4, -0.2) is 30.0 Å². The number of aromatic nitrogens is 1. The topological polar surface area (TPSA) is 71.2 Å². The molecular weight excluding hydrogens is 252 g/mol. The van der Waals surface area contributed by atoms with Gasteiger partial charge in [-0.1, -0.05) is 6.92 Å². The van der Waals surface area contributed by atoms with Gasteiger partial charge in [-0.3, -0.25) is 9.78 Å². The van der Waals surface area contributed by atoms with Gasteiger partial charge in [0, 0.05) is 19.1 Å². The molecule has 2 heterocycles. The summed E-state index contributed by atoms with van der Waals surface area (Å²) in [5.74, 6) is -0.256. The SMILES string of the molecule is CCCNc1cncc(N2CC(C(N)=O)CCC2C)c1. The zero-order chi connectivity index (χ0) is 14.5. The highest BCUT2D eigenvalue weighted by molar-refractivity contribution is 5.77. The van der Waals surface area contributed by atoms with Crippen LogP contribution in [0, 0.1) is 5.92 Å². The number of primary amides is 1. The van der Waals surface area contributed by atoms with Crippen LogP contribution in [0.1, 0.15) is 33.1 Å². The van der Waals surface area contributed by atoms with Gasteiger partial charge in [0.2, 0.25) is 5.91 Å². The molecule has 0 aliphatic carbocycles. The number of hydrogen-bond acceptors (Lipinski definition) is 4. The molecule has 20 heavy (non-hydrogen) atoms. The van der Waals surface area contributed by atoms with Gasteiger partial charge >= 0.3 is 0 Å². The van der Waals surface area contributed by atoms with Crippen molar-refractivity contribution in [2.24, 2.45) is 11.7 Å². The minimum atomic E-state index is -0.199. The predicted molar refractivity (Wildman–Crippen MR) is 81.7 cm³/mol. The van der Waals surface area contributed by atoms with E-state index in [1.54, 1.807) is 0 Å². The average molecular weight is 276 g/mol. The molecule has 1 fully saturated rings. The van der Waals surface area contributed by atoms with Crippen molar-refractivity contribution in [3.63, 3.8) is 0 Å². The maximum Gasteiger partial charge on any atom is 0.222 e. The molecule has 0 aromatic carbocycles. The lowest BCUT2D eigenvalue weighted by molar-refractivity contribution is -0.122. The molecular formula is C15H24N4O. The molecule has 1 saturated heterocycles. The Labute approximate surface area is 120 Å². The van der Waals surface area contributed by atoms with E-state index in [9.17, 15) is 4.79 Å². The minimum absolute atomic E-state index is 0.0570. The maximum atomic E-state index is 11.4. The van der Waals surface area contributed by atoms with Crippen molar-refractivity contribution >= 4 is 17.3 Å². The second kappa shape index (κ2) is 6.59. The summed E-state index contributed by atoms with van der Waals surface area (Å²) in [6.45, 7) is 5.94. The van der Waals surface area contributed by atoms with Crippen LogP contribution in [-0.2, 0) is 4.79 Å². The third kappa shape index (κ3) is 3.40. The molecule has 1 aromatic heterocycles. The first-order chi connectivity index (χ1) is 9.61. The molecule has 3 N–H and O–H groups in total. The van der Waals surface area contributed by atoms with Crippen molar-refractivity contribution in [1.29, 1.82) is 0 Å². The van der Waals surface area contributed by atoms with Gasteiger partial charge in [0.15, 0.2) is 0 Å². The Kier molecular flexibility index (Phi) is 4.82. The Morgan fingerprint density at radius 1 is 1.50 bits per heavy atom. The molecule has 0 saturated carbocycles. The lowest BCUT2D eigenvalue weighted by Crippen LogP contribution is -2.46. The number of rotatable bonds is 5. The highest BCUT2D eigenvalue weighted by atomic mass is 16.1. The lowest BCUT2D eigenvalue weighted by atomic mass is 9.92. The van der Waals surface area contributed by atoms with Gasteiger partial charge in [0.25, 0.3) is 0 Å². The predicted octanol–water partition coefficient (Wildman–Crippen LogP) is 1.99. The fourth-order valence-electron chi connectivity index (χ4n) is 2.65. The molecule has 0 radical (unpaired) electrons. The first kappa shape index (κ1) is 14.6. The number of anilines is 2. The van der Waals surface area contributed by atoms with Gasteiger partial charge in [0.1, 0.15) is 0 Å². The van der Waals surface area contributed by atoms with Crippen molar-refractivity contribution < 1.29 is 4.79 Å². The van der Waals surface area contributed by atoms with E-state index in [-0.39, 0.29) is 11.8 Å². The van der Waals surface area contributed by atoms with E-state index in [2.05, 4.69) is 35.1 Å². The molecule has 110 valence electrons. The first-order valence-electron chi connectivity index (χ1n) is 7.36. The molecule has 1 aliphatic rings. The molecule has 2 atom stereocenters. The van der Waals surface area contributed by atoms with Gasteiger partial charge in [-0.05, 0) is 32.3 Å². The van der Waals surface area contributed by atoms with Crippen LogP contribution < -0.4 is 16.0 Å². The highest BCUT2D eigenvalue weighted by Crippen LogP contribution is 2.28. The van der Waals surface area contributed by atoms with Crippen molar-refractivity contribution in [1.82, 2.24) is 4.98 Å². The van der Waals surface area contributed by atoms with Crippen LogP contribution in [0.4, 0.5) is 11.4 Å². The number of pyridine rings is 1. The summed E-state index contributed by atoms with van der Waals surface area (Å²) >= 11 is 0.